The first-order valence-electron chi connectivity index (χ1n) is 10.0. The fourth-order valence-electron chi connectivity index (χ4n) is 3.12. The third-order valence-corrected chi connectivity index (χ3v) is 5.07. The third-order valence-electron chi connectivity index (χ3n) is 5.07. The van der Waals surface area contributed by atoms with Crippen molar-refractivity contribution in [3.8, 4) is 11.5 Å². The van der Waals surface area contributed by atoms with E-state index in [1.54, 1.807) is 13.8 Å². The highest BCUT2D eigenvalue weighted by atomic mass is 16.5. The van der Waals surface area contributed by atoms with E-state index in [-0.39, 0.29) is 43.1 Å². The molecule has 2 atom stereocenters. The van der Waals surface area contributed by atoms with Crippen LogP contribution in [0.25, 0.3) is 0 Å². The molecule has 7 N–H and O–H groups in total. The van der Waals surface area contributed by atoms with E-state index < -0.39 is 48.5 Å². The number of carboxylic acid groups (broad SMARTS) is 1. The molecule has 2 amide bonds. The Kier molecular flexibility index (Phi) is 8.25. The van der Waals surface area contributed by atoms with E-state index in [1.807, 2.05) is 0 Å². The Labute approximate surface area is 179 Å². The number of carbonyl (C=O) groups is 3. The quantitative estimate of drug-likeness (QED) is 0.248. The van der Waals surface area contributed by atoms with E-state index in [0.717, 1.165) is 0 Å². The summed E-state index contributed by atoms with van der Waals surface area (Å²) in [6, 6.07) is 1.40. The van der Waals surface area contributed by atoms with Crippen molar-refractivity contribution in [1.82, 2.24) is 10.2 Å². The molecule has 2 rings (SSSR count). The maximum absolute atomic E-state index is 12.4. The highest BCUT2D eigenvalue weighted by Gasteiger charge is 2.36. The fourth-order valence-corrected chi connectivity index (χ4v) is 3.12. The molecular weight excluding hydrogens is 409 g/mol. The number of benzene rings is 1. The molecule has 1 fully saturated rings. The van der Waals surface area contributed by atoms with Crippen molar-refractivity contribution in [1.29, 1.82) is 0 Å². The van der Waals surface area contributed by atoms with Crippen LogP contribution in [0.1, 0.15) is 36.2 Å². The Bertz CT molecular complexity index is 829. The lowest BCUT2D eigenvalue weighted by Crippen LogP contribution is -2.61. The number of hydrogen-bond donors (Lipinski definition) is 6. The normalized spacial score (nSPS) is 15.6. The molecule has 1 aliphatic rings. The summed E-state index contributed by atoms with van der Waals surface area (Å²) in [7, 11) is -1.58. The molecule has 0 aromatic heterocycles. The maximum Gasteiger partial charge on any atom is 0.451 e. The molecule has 1 saturated heterocycles. The summed E-state index contributed by atoms with van der Waals surface area (Å²) in [5.41, 5.74) is 5.46. The smallest absolute Gasteiger partial charge is 0.451 e. The number of carbonyl (C=O) groups excluding carboxylic acids is 2. The topological polar surface area (TPSA) is 183 Å². The van der Waals surface area contributed by atoms with E-state index in [4.69, 9.17) is 20.5 Å². The lowest BCUT2D eigenvalue weighted by Gasteiger charge is -2.40. The number of nitrogens with zero attached hydrogens (tertiary/aromatic N) is 1. The molecule has 1 aromatic carbocycles. The molecule has 0 unspecified atom stereocenters. The Balaban J connectivity index is 1.98. The third kappa shape index (κ3) is 6.09. The molecule has 31 heavy (non-hydrogen) atoms. The number of carboxylic acids is 1. The van der Waals surface area contributed by atoms with Crippen LogP contribution in [0.4, 0.5) is 0 Å². The fraction of sp³-hybridized carbons (Fsp3) is 0.526. The van der Waals surface area contributed by atoms with E-state index in [1.165, 1.54) is 17.0 Å². The highest BCUT2D eigenvalue weighted by Crippen LogP contribution is 2.34. The van der Waals surface area contributed by atoms with Crippen LogP contribution in [0, 0.1) is 0 Å². The van der Waals surface area contributed by atoms with Gasteiger partial charge in [0.05, 0.1) is 19.1 Å². The largest absolute Gasteiger partial charge is 0.507 e. The van der Waals surface area contributed by atoms with Crippen molar-refractivity contribution in [2.45, 2.75) is 51.2 Å². The lowest BCUT2D eigenvalue weighted by molar-refractivity contribution is -0.143. The monoisotopic (exact) mass is 437 g/mol. The summed E-state index contributed by atoms with van der Waals surface area (Å²) in [4.78, 5) is 37.3. The summed E-state index contributed by atoms with van der Waals surface area (Å²) >= 11 is 0. The summed E-state index contributed by atoms with van der Waals surface area (Å²) in [6.07, 6.45) is -0.0250. The molecule has 0 saturated carbocycles. The predicted octanol–water partition coefficient (Wildman–Crippen LogP) is -1.06. The van der Waals surface area contributed by atoms with Gasteiger partial charge in [0.25, 0.3) is 0 Å². The zero-order chi connectivity index (χ0) is 23.3. The van der Waals surface area contributed by atoms with Crippen LogP contribution in [0.5, 0.6) is 11.5 Å². The van der Waals surface area contributed by atoms with Crippen LogP contribution in [-0.2, 0) is 16.0 Å². The molecule has 1 aromatic rings. The van der Waals surface area contributed by atoms with E-state index in [0.29, 0.717) is 6.42 Å². The van der Waals surface area contributed by atoms with Crippen LogP contribution in [0.3, 0.4) is 0 Å². The maximum atomic E-state index is 12.4. The number of aromatic hydroxyl groups is 1. The molecule has 12 heteroatoms. The van der Waals surface area contributed by atoms with Gasteiger partial charge in [-0.2, -0.15) is 0 Å². The molecule has 0 radical (unpaired) electrons. The van der Waals surface area contributed by atoms with E-state index in [2.05, 4.69) is 5.32 Å². The van der Waals surface area contributed by atoms with Gasteiger partial charge in [0.2, 0.25) is 11.8 Å². The van der Waals surface area contributed by atoms with Gasteiger partial charge >= 0.3 is 13.1 Å². The number of nitrogens with two attached hydrogens (primary N) is 1. The molecule has 1 aliphatic heterocycles. The number of rotatable bonds is 10. The summed E-state index contributed by atoms with van der Waals surface area (Å²) < 4.78 is 5.66. The number of nitrogens with one attached hydrogen (secondary N) is 1. The van der Waals surface area contributed by atoms with Gasteiger partial charge in [0.15, 0.2) is 0 Å². The Morgan fingerprint density at radius 2 is 1.97 bits per heavy atom. The number of hydrogen-bond acceptors (Lipinski definition) is 8. The number of aromatic carboxylic acids is 1. The van der Waals surface area contributed by atoms with Crippen molar-refractivity contribution in [2.75, 3.05) is 13.1 Å². The lowest BCUT2D eigenvalue weighted by atomic mass is 9.82. The number of phenols is 1. The molecule has 0 bridgehead atoms. The molecule has 170 valence electrons. The zero-order valence-corrected chi connectivity index (χ0v) is 17.4. The van der Waals surface area contributed by atoms with Gasteiger partial charge in [-0.15, -0.1) is 0 Å². The minimum absolute atomic E-state index is 0.0503. The van der Waals surface area contributed by atoms with Gasteiger partial charge in [-0.1, -0.05) is 13.0 Å². The molecule has 1 heterocycles. The minimum Gasteiger partial charge on any atom is -0.507 e. The molecular formula is C19H28BN3O8. The van der Waals surface area contributed by atoms with Crippen molar-refractivity contribution in [3.63, 3.8) is 0 Å². The standard InChI is InChI=1S/C19H28BN3O8/c1-3-13(21)17(25)22-10(2)18(26)23-8-12(9-23)31-14-5-4-11(6-7-20(29)30)16(24)15(14)19(27)28/h4-5,10,12-13,24,29-30H,3,6-9,21H2,1-2H3,(H,22,25)(H,27,28)/t10-,13-/m1/s1. The number of aryl methyl sites for hydroxylation is 1. The van der Waals surface area contributed by atoms with Crippen LogP contribution < -0.4 is 15.8 Å². The second-order valence-corrected chi connectivity index (χ2v) is 7.50. The number of amides is 2. The van der Waals surface area contributed by atoms with Crippen molar-refractivity contribution in [3.05, 3.63) is 23.3 Å². The van der Waals surface area contributed by atoms with Crippen molar-refractivity contribution < 1.29 is 39.4 Å². The summed E-state index contributed by atoms with van der Waals surface area (Å²) in [6.45, 7) is 3.70. The SMILES string of the molecule is CC[C@@H](N)C(=O)N[C@H](C)C(=O)N1CC(Oc2ccc(CCB(O)O)c(O)c2C(=O)O)C1. The van der Waals surface area contributed by atoms with Crippen LogP contribution in [-0.4, -0.2) is 81.3 Å². The second-order valence-electron chi connectivity index (χ2n) is 7.50. The van der Waals surface area contributed by atoms with Crippen LogP contribution >= 0.6 is 0 Å². The van der Waals surface area contributed by atoms with E-state index >= 15 is 0 Å². The average Bonchev–Trinajstić information content (AvgIpc) is 2.67. The van der Waals surface area contributed by atoms with Gasteiger partial charge in [-0.05, 0) is 37.7 Å². The van der Waals surface area contributed by atoms with Crippen molar-refractivity contribution in [2.24, 2.45) is 5.73 Å². The molecule has 11 nitrogen and oxygen atoms in total. The Hall–Kier alpha value is -2.83. The minimum atomic E-state index is -1.58. The van der Waals surface area contributed by atoms with Gasteiger partial charge in [0, 0.05) is 0 Å². The summed E-state index contributed by atoms with van der Waals surface area (Å²) in [5.74, 6) is -2.66. The second kappa shape index (κ2) is 10.5. The zero-order valence-electron chi connectivity index (χ0n) is 17.4. The van der Waals surface area contributed by atoms with Crippen molar-refractivity contribution >= 4 is 24.9 Å². The van der Waals surface area contributed by atoms with Gasteiger partial charge < -0.3 is 40.9 Å². The van der Waals surface area contributed by atoms with E-state index in [9.17, 15) is 24.6 Å². The van der Waals surface area contributed by atoms with Gasteiger partial charge in [0.1, 0.15) is 29.2 Å². The highest BCUT2D eigenvalue weighted by molar-refractivity contribution is 6.41. The summed E-state index contributed by atoms with van der Waals surface area (Å²) in [5, 5.41) is 40.2. The first-order chi connectivity index (χ1) is 14.5. The Morgan fingerprint density at radius 1 is 1.32 bits per heavy atom. The Morgan fingerprint density at radius 3 is 2.52 bits per heavy atom. The number of likely N-dealkylation sites (tertiary alicyclic amines) is 1. The first kappa shape index (κ1) is 24.4. The first-order valence-corrected chi connectivity index (χ1v) is 10.0. The van der Waals surface area contributed by atoms with Crippen LogP contribution in [0.15, 0.2) is 12.1 Å². The number of ether oxygens (including phenoxy) is 1. The average molecular weight is 437 g/mol. The van der Waals surface area contributed by atoms with Gasteiger partial charge in [-0.3, -0.25) is 9.59 Å². The molecule has 0 aliphatic carbocycles. The predicted molar refractivity (Wildman–Crippen MR) is 111 cm³/mol. The molecule has 0 spiro atoms. The van der Waals surface area contributed by atoms with Crippen LogP contribution in [0.2, 0.25) is 6.32 Å². The van der Waals surface area contributed by atoms with Gasteiger partial charge in [-0.25, -0.2) is 4.79 Å².